The van der Waals surface area contributed by atoms with Gasteiger partial charge in [-0.2, -0.15) is 0 Å². The Labute approximate surface area is 334 Å². The van der Waals surface area contributed by atoms with E-state index in [1.54, 1.807) is 14.2 Å². The van der Waals surface area contributed by atoms with Crippen molar-refractivity contribution in [2.75, 3.05) is 14.2 Å². The van der Waals surface area contributed by atoms with Crippen LogP contribution in [0.2, 0.25) is 10.0 Å². The second-order valence-electron chi connectivity index (χ2n) is 13.2. The molecule has 0 spiro atoms. The number of halogens is 2. The van der Waals surface area contributed by atoms with Crippen LogP contribution in [-0.2, 0) is 19.0 Å². The fourth-order valence-corrected chi connectivity index (χ4v) is 7.45. The first kappa shape index (κ1) is 36.9. The normalized spacial score (nSPS) is 15.0. The maximum Gasteiger partial charge on any atom is 0.263 e. The van der Waals surface area contributed by atoms with Crippen LogP contribution < -0.4 is 9.47 Å². The van der Waals surface area contributed by atoms with Gasteiger partial charge in [-0.05, 0) is 77.9 Å². The lowest BCUT2D eigenvalue weighted by atomic mass is 9.99. The lowest BCUT2D eigenvalue weighted by molar-refractivity contribution is 0.281. The quantitative estimate of drug-likeness (QED) is 0.136. The molecular weight excluding hydrogens is 743 g/mol. The third-order valence-electron chi connectivity index (χ3n) is 9.85. The zero-order valence-electron chi connectivity index (χ0n) is 30.5. The van der Waals surface area contributed by atoms with Gasteiger partial charge < -0.3 is 19.7 Å². The standard InChI is InChI=1S/C46H36Cl2N4O4/c1-55-35-23-19-32(20-24-35)42-41(31-15-11-29(27-53)12-16-31)50-46(51-42,38-8-4-6-10-40(38)48)52-44(34-21-25-36(56-2)26-22-34)43(33-17-13-30(28-54)14-18-33)49-45(52)37-7-3-5-9-39(37)47/h3-26,53-54H,27-28H2,1-2H3. The summed E-state index contributed by atoms with van der Waals surface area (Å²) in [6.07, 6.45) is 0. The fourth-order valence-electron chi connectivity index (χ4n) is 6.97. The first-order valence-corrected chi connectivity index (χ1v) is 18.7. The first-order chi connectivity index (χ1) is 27.4. The molecule has 56 heavy (non-hydrogen) atoms. The highest BCUT2D eigenvalue weighted by Crippen LogP contribution is 2.49. The highest BCUT2D eigenvalue weighted by molar-refractivity contribution is 6.54. The van der Waals surface area contributed by atoms with E-state index in [0.29, 0.717) is 61.3 Å². The molecule has 8 nitrogen and oxygen atoms in total. The average Bonchev–Trinajstić information content (AvgIpc) is 3.85. The van der Waals surface area contributed by atoms with Crippen LogP contribution in [0, 0.1) is 0 Å². The first-order valence-electron chi connectivity index (χ1n) is 17.9. The molecule has 1 unspecified atom stereocenters. The summed E-state index contributed by atoms with van der Waals surface area (Å²) in [6, 6.07) is 45.9. The molecule has 0 bridgehead atoms. The van der Waals surface area contributed by atoms with E-state index < -0.39 is 5.79 Å². The molecule has 6 aromatic carbocycles. The number of imidazole rings is 1. The Kier molecular flexibility index (Phi) is 10.3. The fraction of sp³-hybridized carbons (Fsp3) is 0.109. The predicted molar refractivity (Wildman–Crippen MR) is 223 cm³/mol. The number of aliphatic hydroxyl groups excluding tert-OH is 2. The Balaban J connectivity index is 1.55. The Morgan fingerprint density at radius 2 is 1.02 bits per heavy atom. The van der Waals surface area contributed by atoms with Crippen LogP contribution >= 0.6 is 23.2 Å². The molecule has 1 aromatic heterocycles. The average molecular weight is 780 g/mol. The molecule has 1 aliphatic heterocycles. The molecular formula is C46H36Cl2N4O4. The molecule has 278 valence electrons. The Hall–Kier alpha value is -6.03. The van der Waals surface area contributed by atoms with Crippen molar-refractivity contribution in [2.24, 2.45) is 9.98 Å². The summed E-state index contributed by atoms with van der Waals surface area (Å²) >= 11 is 14.3. The maximum atomic E-state index is 9.93. The smallest absolute Gasteiger partial charge is 0.263 e. The zero-order chi connectivity index (χ0) is 38.8. The van der Waals surface area contributed by atoms with Gasteiger partial charge in [-0.25, -0.2) is 15.0 Å². The van der Waals surface area contributed by atoms with Crippen molar-refractivity contribution in [2.45, 2.75) is 19.0 Å². The minimum atomic E-state index is -1.58. The Bertz CT molecular complexity index is 2520. The third kappa shape index (κ3) is 6.67. The van der Waals surface area contributed by atoms with Crippen LogP contribution in [0.3, 0.4) is 0 Å². The molecule has 10 heteroatoms. The predicted octanol–water partition coefficient (Wildman–Crippen LogP) is 9.84. The topological polar surface area (TPSA) is 101 Å². The molecule has 0 amide bonds. The molecule has 0 saturated carbocycles. The minimum Gasteiger partial charge on any atom is -0.497 e. The summed E-state index contributed by atoms with van der Waals surface area (Å²) in [6.45, 7) is -0.195. The summed E-state index contributed by atoms with van der Waals surface area (Å²) in [5.74, 6) is 0.303. The van der Waals surface area contributed by atoms with E-state index in [1.165, 1.54) is 0 Å². The van der Waals surface area contributed by atoms with Gasteiger partial charge in [0.25, 0.3) is 5.79 Å². The van der Waals surface area contributed by atoms with E-state index in [4.69, 9.17) is 47.6 Å². The van der Waals surface area contributed by atoms with Crippen LogP contribution in [0.15, 0.2) is 156 Å². The molecule has 8 rings (SSSR count). The molecule has 2 N–H and O–H groups in total. The lowest BCUT2D eigenvalue weighted by Crippen LogP contribution is -2.31. The van der Waals surface area contributed by atoms with Crippen molar-refractivity contribution < 1.29 is 19.7 Å². The van der Waals surface area contributed by atoms with Gasteiger partial charge in [-0.15, -0.1) is 0 Å². The third-order valence-corrected chi connectivity index (χ3v) is 10.5. The number of hydrogen-bond acceptors (Lipinski definition) is 7. The van der Waals surface area contributed by atoms with E-state index in [2.05, 4.69) is 0 Å². The van der Waals surface area contributed by atoms with Crippen molar-refractivity contribution in [3.8, 4) is 45.4 Å². The number of aliphatic imine (C=N–C) groups is 2. The van der Waals surface area contributed by atoms with Gasteiger partial charge in [0.05, 0.1) is 60.3 Å². The lowest BCUT2D eigenvalue weighted by Gasteiger charge is -2.30. The summed E-state index contributed by atoms with van der Waals surface area (Å²) < 4.78 is 13.1. The van der Waals surface area contributed by atoms with E-state index >= 15 is 0 Å². The summed E-state index contributed by atoms with van der Waals surface area (Å²) in [5.41, 5.74) is 8.54. The number of hydrogen-bond donors (Lipinski definition) is 2. The summed E-state index contributed by atoms with van der Waals surface area (Å²) in [5, 5.41) is 20.8. The van der Waals surface area contributed by atoms with Crippen molar-refractivity contribution in [3.05, 3.63) is 183 Å². The van der Waals surface area contributed by atoms with Gasteiger partial charge in [-0.3, -0.25) is 4.57 Å². The van der Waals surface area contributed by atoms with Crippen molar-refractivity contribution in [1.29, 1.82) is 0 Å². The highest BCUT2D eigenvalue weighted by atomic mass is 35.5. The highest BCUT2D eigenvalue weighted by Gasteiger charge is 2.46. The van der Waals surface area contributed by atoms with Gasteiger partial charge in [-0.1, -0.05) is 102 Å². The van der Waals surface area contributed by atoms with E-state index in [0.717, 1.165) is 33.4 Å². The molecule has 0 saturated heterocycles. The molecule has 1 atom stereocenters. The summed E-state index contributed by atoms with van der Waals surface area (Å²) in [7, 11) is 3.26. The van der Waals surface area contributed by atoms with Crippen LogP contribution in [0.25, 0.3) is 33.9 Å². The van der Waals surface area contributed by atoms with E-state index in [9.17, 15) is 10.2 Å². The Morgan fingerprint density at radius 1 is 0.554 bits per heavy atom. The molecule has 7 aromatic rings. The van der Waals surface area contributed by atoms with Crippen LogP contribution in [0.4, 0.5) is 0 Å². The molecule has 1 aliphatic rings. The number of rotatable bonds is 11. The molecule has 0 aliphatic carbocycles. The van der Waals surface area contributed by atoms with E-state index in [-0.39, 0.29) is 13.2 Å². The largest absolute Gasteiger partial charge is 0.497 e. The number of nitrogens with zero attached hydrogens (tertiary/aromatic N) is 4. The summed E-state index contributed by atoms with van der Waals surface area (Å²) in [4.78, 5) is 16.8. The maximum absolute atomic E-state index is 9.93. The van der Waals surface area contributed by atoms with Crippen LogP contribution in [0.1, 0.15) is 27.8 Å². The number of aromatic nitrogens is 2. The van der Waals surface area contributed by atoms with Crippen LogP contribution in [-0.4, -0.2) is 45.4 Å². The number of aliphatic hydroxyl groups is 2. The van der Waals surface area contributed by atoms with Gasteiger partial charge in [0.2, 0.25) is 0 Å². The minimum absolute atomic E-state index is 0.0970. The van der Waals surface area contributed by atoms with Gasteiger partial charge in [0.15, 0.2) is 0 Å². The van der Waals surface area contributed by atoms with Gasteiger partial charge >= 0.3 is 0 Å². The van der Waals surface area contributed by atoms with Gasteiger partial charge in [0.1, 0.15) is 17.3 Å². The number of benzene rings is 6. The Morgan fingerprint density at radius 3 is 1.52 bits per heavy atom. The molecule has 0 radical (unpaired) electrons. The molecule has 0 fully saturated rings. The van der Waals surface area contributed by atoms with Crippen LogP contribution in [0.5, 0.6) is 11.5 Å². The van der Waals surface area contributed by atoms with Crippen molar-refractivity contribution in [1.82, 2.24) is 9.55 Å². The second kappa shape index (κ2) is 15.6. The number of methoxy groups -OCH3 is 2. The SMILES string of the molecule is COc1ccc(C2=NC(c3ccccc3Cl)(n3c(-c4ccccc4Cl)nc(-c4ccc(CO)cc4)c3-c3ccc(OC)cc3)N=C2c2ccc(CO)cc2)cc1. The van der Waals surface area contributed by atoms with Gasteiger partial charge in [0, 0.05) is 33.4 Å². The second-order valence-corrected chi connectivity index (χ2v) is 14.0. The number of ether oxygens (including phenoxy) is 2. The van der Waals surface area contributed by atoms with Crippen molar-refractivity contribution >= 4 is 34.6 Å². The van der Waals surface area contributed by atoms with E-state index in [1.807, 2.05) is 150 Å². The molecule has 2 heterocycles. The zero-order valence-corrected chi connectivity index (χ0v) is 32.0. The monoisotopic (exact) mass is 778 g/mol. The van der Waals surface area contributed by atoms with Crippen molar-refractivity contribution in [3.63, 3.8) is 0 Å².